The minimum Gasteiger partial charge on any atom is -0.343 e. The summed E-state index contributed by atoms with van der Waals surface area (Å²) in [4.78, 5) is 0. The minimum absolute atomic E-state index is 0. The standard InChI is InChI=1S/C7H15.Na/c1-4-6-7(3)5-2;/h7H,2,4-6H2,1,3H3;/q-1;+1. The zero-order valence-electron chi connectivity index (χ0n) is 6.41. The molecule has 0 aliphatic rings. The zero-order chi connectivity index (χ0) is 5.70. The van der Waals surface area contributed by atoms with E-state index in [-0.39, 0.29) is 29.6 Å². The van der Waals surface area contributed by atoms with Crippen molar-refractivity contribution in [1.82, 2.24) is 0 Å². The number of rotatable bonds is 3. The molecule has 0 bridgehead atoms. The van der Waals surface area contributed by atoms with Crippen LogP contribution in [-0.4, -0.2) is 0 Å². The van der Waals surface area contributed by atoms with E-state index in [1.54, 1.807) is 0 Å². The molecule has 0 heterocycles. The van der Waals surface area contributed by atoms with E-state index in [1.165, 1.54) is 12.8 Å². The van der Waals surface area contributed by atoms with Crippen LogP contribution in [0.25, 0.3) is 0 Å². The summed E-state index contributed by atoms with van der Waals surface area (Å²) >= 11 is 0. The first-order valence-corrected chi connectivity index (χ1v) is 3.10. The maximum atomic E-state index is 3.80. The van der Waals surface area contributed by atoms with Gasteiger partial charge in [-0.3, -0.25) is 0 Å². The summed E-state index contributed by atoms with van der Waals surface area (Å²) in [6.45, 7) is 8.27. The molecule has 0 aromatic heterocycles. The fraction of sp³-hybridized carbons (Fsp3) is 0.857. The zero-order valence-corrected chi connectivity index (χ0v) is 8.41. The van der Waals surface area contributed by atoms with Crippen molar-refractivity contribution in [3.63, 3.8) is 0 Å². The van der Waals surface area contributed by atoms with Crippen LogP contribution >= 0.6 is 0 Å². The molecule has 8 heavy (non-hydrogen) atoms. The van der Waals surface area contributed by atoms with Gasteiger partial charge >= 0.3 is 29.6 Å². The van der Waals surface area contributed by atoms with Gasteiger partial charge in [-0.1, -0.05) is 32.6 Å². The maximum Gasteiger partial charge on any atom is 1.00 e. The molecule has 0 amide bonds. The first kappa shape index (κ1) is 11.8. The summed E-state index contributed by atoms with van der Waals surface area (Å²) < 4.78 is 0. The predicted molar refractivity (Wildman–Crippen MR) is 34.0 cm³/mol. The molecule has 44 valence electrons. The Labute approximate surface area is 75.3 Å². The topological polar surface area (TPSA) is 0 Å². The van der Waals surface area contributed by atoms with Crippen molar-refractivity contribution in [2.75, 3.05) is 0 Å². The molecule has 0 spiro atoms. The molecule has 0 aromatic carbocycles. The average Bonchev–Trinajstić information content (AvgIpc) is 1.68. The molecule has 0 aromatic rings. The van der Waals surface area contributed by atoms with E-state index in [9.17, 15) is 0 Å². The maximum absolute atomic E-state index is 3.80. The molecule has 0 aliphatic carbocycles. The van der Waals surface area contributed by atoms with Crippen LogP contribution in [0.4, 0.5) is 0 Å². The van der Waals surface area contributed by atoms with E-state index in [0.29, 0.717) is 0 Å². The van der Waals surface area contributed by atoms with E-state index < -0.39 is 0 Å². The van der Waals surface area contributed by atoms with Gasteiger partial charge in [0.1, 0.15) is 0 Å². The van der Waals surface area contributed by atoms with Crippen LogP contribution in [0, 0.1) is 12.8 Å². The summed E-state index contributed by atoms with van der Waals surface area (Å²) in [6.07, 6.45) is 3.73. The molecule has 1 atom stereocenters. The van der Waals surface area contributed by atoms with Gasteiger partial charge < -0.3 is 6.92 Å². The van der Waals surface area contributed by atoms with E-state index in [2.05, 4.69) is 20.8 Å². The fourth-order valence-corrected chi connectivity index (χ4v) is 0.637. The second kappa shape index (κ2) is 8.00. The molecule has 0 radical (unpaired) electrons. The molecule has 0 nitrogen and oxygen atoms in total. The van der Waals surface area contributed by atoms with Crippen LogP contribution in [0.3, 0.4) is 0 Å². The molecular formula is C7H15Na. The Balaban J connectivity index is 0. The minimum atomic E-state index is 0. The summed E-state index contributed by atoms with van der Waals surface area (Å²) in [5.74, 6) is 0.838. The first-order valence-electron chi connectivity index (χ1n) is 3.10. The molecule has 0 saturated carbocycles. The van der Waals surface area contributed by atoms with Crippen molar-refractivity contribution in [3.05, 3.63) is 6.92 Å². The fourth-order valence-electron chi connectivity index (χ4n) is 0.637. The number of hydrogen-bond acceptors (Lipinski definition) is 0. The van der Waals surface area contributed by atoms with Gasteiger partial charge in [0.15, 0.2) is 0 Å². The van der Waals surface area contributed by atoms with Crippen LogP contribution in [-0.2, 0) is 0 Å². The SMILES string of the molecule is [CH2-]CC(C)CCC.[Na+]. The van der Waals surface area contributed by atoms with Gasteiger partial charge in [-0.05, 0) is 0 Å². The Morgan fingerprint density at radius 3 is 2.12 bits per heavy atom. The van der Waals surface area contributed by atoms with E-state index in [1.807, 2.05) is 0 Å². The third-order valence-corrected chi connectivity index (χ3v) is 1.27. The Hall–Kier alpha value is 1.00. The third kappa shape index (κ3) is 7.00. The van der Waals surface area contributed by atoms with E-state index in [0.717, 1.165) is 12.3 Å². The summed E-state index contributed by atoms with van der Waals surface area (Å²) in [5, 5.41) is 0. The molecule has 1 unspecified atom stereocenters. The molecule has 1 heteroatoms. The molecule has 0 saturated heterocycles. The largest absolute Gasteiger partial charge is 1.00 e. The van der Waals surface area contributed by atoms with Crippen LogP contribution < -0.4 is 29.6 Å². The quantitative estimate of drug-likeness (QED) is 0.354. The van der Waals surface area contributed by atoms with Crippen molar-refractivity contribution in [1.29, 1.82) is 0 Å². The first-order chi connectivity index (χ1) is 3.31. The normalized spacial score (nSPS) is 12.4. The molecule has 0 rings (SSSR count). The van der Waals surface area contributed by atoms with Crippen LogP contribution in [0.1, 0.15) is 33.1 Å². The summed E-state index contributed by atoms with van der Waals surface area (Å²) in [5.41, 5.74) is 0. The summed E-state index contributed by atoms with van der Waals surface area (Å²) in [6, 6.07) is 0. The second-order valence-corrected chi connectivity index (χ2v) is 2.18. The van der Waals surface area contributed by atoms with Crippen LogP contribution in [0.5, 0.6) is 0 Å². The van der Waals surface area contributed by atoms with Crippen molar-refractivity contribution >= 4 is 0 Å². The van der Waals surface area contributed by atoms with Crippen molar-refractivity contribution < 1.29 is 29.6 Å². The predicted octanol–water partition coefficient (Wildman–Crippen LogP) is -0.349. The Kier molecular flexibility index (Phi) is 11.8. The van der Waals surface area contributed by atoms with Crippen molar-refractivity contribution in [2.24, 2.45) is 5.92 Å². The molecule has 0 fully saturated rings. The van der Waals surface area contributed by atoms with Gasteiger partial charge in [0.25, 0.3) is 0 Å². The van der Waals surface area contributed by atoms with Crippen molar-refractivity contribution in [2.45, 2.75) is 33.1 Å². The van der Waals surface area contributed by atoms with Gasteiger partial charge in [0, 0.05) is 0 Å². The van der Waals surface area contributed by atoms with E-state index in [4.69, 9.17) is 0 Å². The van der Waals surface area contributed by atoms with Gasteiger partial charge in [-0.25, -0.2) is 0 Å². The van der Waals surface area contributed by atoms with Crippen LogP contribution in [0.15, 0.2) is 0 Å². The van der Waals surface area contributed by atoms with Crippen LogP contribution in [0.2, 0.25) is 0 Å². The molecular weight excluding hydrogens is 107 g/mol. The van der Waals surface area contributed by atoms with Crippen molar-refractivity contribution in [3.8, 4) is 0 Å². The average molecular weight is 122 g/mol. The van der Waals surface area contributed by atoms with Gasteiger partial charge in [0.2, 0.25) is 0 Å². The van der Waals surface area contributed by atoms with Gasteiger partial charge in [-0.2, -0.15) is 6.42 Å². The smallest absolute Gasteiger partial charge is 0.343 e. The number of hydrogen-bond donors (Lipinski definition) is 0. The Morgan fingerprint density at radius 1 is 1.50 bits per heavy atom. The summed E-state index contributed by atoms with van der Waals surface area (Å²) in [7, 11) is 0. The second-order valence-electron chi connectivity index (χ2n) is 2.18. The van der Waals surface area contributed by atoms with Gasteiger partial charge in [-0.15, -0.1) is 0 Å². The Bertz CT molecular complexity index is 35.4. The molecule has 0 aliphatic heterocycles. The van der Waals surface area contributed by atoms with Gasteiger partial charge in [0.05, 0.1) is 0 Å². The third-order valence-electron chi connectivity index (χ3n) is 1.27. The monoisotopic (exact) mass is 122 g/mol. The van der Waals surface area contributed by atoms with E-state index >= 15 is 0 Å². The Morgan fingerprint density at radius 2 is 2.00 bits per heavy atom. The molecule has 0 N–H and O–H groups in total.